The fourth-order valence-corrected chi connectivity index (χ4v) is 6.68. The molecule has 0 radical (unpaired) electrons. The minimum absolute atomic E-state index is 0.0809. The Kier molecular flexibility index (Phi) is 41.4. The van der Waals surface area contributed by atoms with Gasteiger partial charge in [-0.25, -0.2) is 0 Å². The summed E-state index contributed by atoms with van der Waals surface area (Å²) in [7, 11) is 0. The van der Waals surface area contributed by atoms with E-state index in [1.165, 1.54) is 167 Å². The van der Waals surface area contributed by atoms with Gasteiger partial charge in [-0.1, -0.05) is 203 Å². The molecule has 1 amide bonds. The van der Waals surface area contributed by atoms with Gasteiger partial charge in [0.2, 0.25) is 5.91 Å². The van der Waals surface area contributed by atoms with Crippen molar-refractivity contribution in [1.29, 1.82) is 0 Å². The van der Waals surface area contributed by atoms with Gasteiger partial charge in [0.25, 0.3) is 0 Å². The monoisotopic (exact) mass is 714 g/mol. The molecule has 0 bridgehead atoms. The van der Waals surface area contributed by atoms with E-state index in [1.54, 1.807) is 6.08 Å². The Morgan fingerprint density at radius 3 is 1.25 bits per heavy atom. The highest BCUT2D eigenvalue weighted by Gasteiger charge is 2.17. The number of rotatable bonds is 40. The molecule has 0 aliphatic carbocycles. The van der Waals surface area contributed by atoms with E-state index in [4.69, 9.17) is 0 Å². The molecule has 0 saturated carbocycles. The maximum atomic E-state index is 12.3. The van der Waals surface area contributed by atoms with E-state index in [0.717, 1.165) is 38.5 Å². The number of nitrogens with one attached hydrogen (secondary N) is 1. The molecule has 0 aromatic carbocycles. The molecule has 4 heteroatoms. The second-order valence-corrected chi connectivity index (χ2v) is 15.1. The summed E-state index contributed by atoms with van der Waals surface area (Å²) in [5, 5.41) is 22.8. The van der Waals surface area contributed by atoms with E-state index in [2.05, 4.69) is 48.7 Å². The van der Waals surface area contributed by atoms with Crippen LogP contribution in [0.2, 0.25) is 0 Å². The van der Waals surface area contributed by atoms with Crippen molar-refractivity contribution in [3.63, 3.8) is 0 Å². The van der Waals surface area contributed by atoms with Gasteiger partial charge in [-0.3, -0.25) is 4.79 Å². The van der Waals surface area contributed by atoms with Crippen LogP contribution in [-0.2, 0) is 4.79 Å². The highest BCUT2D eigenvalue weighted by molar-refractivity contribution is 5.76. The van der Waals surface area contributed by atoms with Crippen LogP contribution in [0.15, 0.2) is 48.6 Å². The standard InChI is InChI=1S/C47H87NO3/c1-3-5-7-9-11-13-14-15-16-17-18-19-20-21-22-23-24-25-26-27-28-29-30-31-32-33-35-37-39-41-43-47(51)48-45(44-49)46(50)42-40-38-36-34-12-10-8-6-4-2/h4,6,12,21-22,34,40,42,45-46,49-50H,3,5,7-11,13-20,23-33,35-39,41,43-44H2,1-2H3,(H,48,51)/b6-4+,22-21-,34-12+,42-40+. The first-order valence-electron chi connectivity index (χ1n) is 22.3. The Balaban J connectivity index is 3.44. The molecule has 0 spiro atoms. The summed E-state index contributed by atoms with van der Waals surface area (Å²) >= 11 is 0. The number of hydrogen-bond acceptors (Lipinski definition) is 3. The molecule has 51 heavy (non-hydrogen) atoms. The summed E-state index contributed by atoms with van der Waals surface area (Å²) in [5.41, 5.74) is 0. The van der Waals surface area contributed by atoms with Crippen LogP contribution in [0, 0.1) is 0 Å². The van der Waals surface area contributed by atoms with E-state index < -0.39 is 12.1 Å². The first kappa shape index (κ1) is 49.4. The topological polar surface area (TPSA) is 69.6 Å². The molecule has 4 nitrogen and oxygen atoms in total. The van der Waals surface area contributed by atoms with Crippen LogP contribution in [-0.4, -0.2) is 34.9 Å². The van der Waals surface area contributed by atoms with Crippen LogP contribution in [0.5, 0.6) is 0 Å². The van der Waals surface area contributed by atoms with Crippen molar-refractivity contribution in [2.45, 2.75) is 238 Å². The number of carbonyl (C=O) groups excluding carboxylic acids is 1. The average Bonchev–Trinajstić information content (AvgIpc) is 3.13. The van der Waals surface area contributed by atoms with Crippen molar-refractivity contribution in [1.82, 2.24) is 5.32 Å². The summed E-state index contributed by atoms with van der Waals surface area (Å²) in [4.78, 5) is 12.3. The number of unbranched alkanes of at least 4 members (excludes halogenated alkanes) is 28. The van der Waals surface area contributed by atoms with Crippen LogP contribution in [0.25, 0.3) is 0 Å². The smallest absolute Gasteiger partial charge is 0.220 e. The van der Waals surface area contributed by atoms with Crippen molar-refractivity contribution < 1.29 is 15.0 Å². The van der Waals surface area contributed by atoms with Gasteiger partial charge in [-0.15, -0.1) is 0 Å². The van der Waals surface area contributed by atoms with Crippen LogP contribution >= 0.6 is 0 Å². The van der Waals surface area contributed by atoms with E-state index in [-0.39, 0.29) is 12.5 Å². The second-order valence-electron chi connectivity index (χ2n) is 15.1. The highest BCUT2D eigenvalue weighted by atomic mass is 16.3. The van der Waals surface area contributed by atoms with Crippen molar-refractivity contribution in [2.75, 3.05) is 6.61 Å². The minimum atomic E-state index is -0.867. The average molecular weight is 714 g/mol. The van der Waals surface area contributed by atoms with Gasteiger partial charge in [0.15, 0.2) is 0 Å². The predicted octanol–water partition coefficient (Wildman–Crippen LogP) is 14.0. The van der Waals surface area contributed by atoms with Gasteiger partial charge in [0, 0.05) is 6.42 Å². The fourth-order valence-electron chi connectivity index (χ4n) is 6.68. The molecule has 2 atom stereocenters. The Morgan fingerprint density at radius 1 is 0.490 bits per heavy atom. The summed E-state index contributed by atoms with van der Waals surface area (Å²) in [6, 6.07) is -0.643. The van der Waals surface area contributed by atoms with Gasteiger partial charge < -0.3 is 15.5 Å². The number of allylic oxidation sites excluding steroid dienone is 7. The molecular formula is C47H87NO3. The molecule has 0 heterocycles. The van der Waals surface area contributed by atoms with Crippen molar-refractivity contribution in [3.05, 3.63) is 48.6 Å². The number of amides is 1. The lowest BCUT2D eigenvalue weighted by molar-refractivity contribution is -0.123. The third kappa shape index (κ3) is 39.4. The zero-order valence-corrected chi connectivity index (χ0v) is 34.1. The molecule has 0 saturated heterocycles. The second kappa shape index (κ2) is 42.8. The molecule has 0 fully saturated rings. The largest absolute Gasteiger partial charge is 0.394 e. The van der Waals surface area contributed by atoms with Crippen molar-refractivity contribution >= 4 is 5.91 Å². The SMILES string of the molecule is C/C=C/CC/C=C/CC/C=C/C(O)C(CO)NC(=O)CCCCCCCCCCCCCCCC/C=C\CCCCCCCCCCCCCC. The molecule has 0 aromatic rings. The minimum Gasteiger partial charge on any atom is -0.394 e. The van der Waals surface area contributed by atoms with Crippen molar-refractivity contribution in [3.8, 4) is 0 Å². The number of carbonyl (C=O) groups is 1. The van der Waals surface area contributed by atoms with Gasteiger partial charge in [-0.2, -0.15) is 0 Å². The lowest BCUT2D eigenvalue weighted by Crippen LogP contribution is -2.45. The first-order valence-corrected chi connectivity index (χ1v) is 22.3. The van der Waals surface area contributed by atoms with Crippen LogP contribution in [0.3, 0.4) is 0 Å². The lowest BCUT2D eigenvalue weighted by Gasteiger charge is -2.19. The van der Waals surface area contributed by atoms with Crippen LogP contribution in [0.4, 0.5) is 0 Å². The molecule has 0 rings (SSSR count). The Morgan fingerprint density at radius 2 is 0.843 bits per heavy atom. The third-order valence-corrected chi connectivity index (χ3v) is 10.1. The molecule has 2 unspecified atom stereocenters. The van der Waals surface area contributed by atoms with E-state index in [9.17, 15) is 15.0 Å². The van der Waals surface area contributed by atoms with Gasteiger partial charge in [0.1, 0.15) is 0 Å². The van der Waals surface area contributed by atoms with Crippen LogP contribution in [0.1, 0.15) is 226 Å². The van der Waals surface area contributed by atoms with Gasteiger partial charge in [0.05, 0.1) is 18.8 Å². The molecular weight excluding hydrogens is 627 g/mol. The predicted molar refractivity (Wildman–Crippen MR) is 225 cm³/mol. The van der Waals surface area contributed by atoms with Gasteiger partial charge >= 0.3 is 0 Å². The van der Waals surface area contributed by atoms with E-state index in [0.29, 0.717) is 6.42 Å². The summed E-state index contributed by atoms with van der Waals surface area (Å²) in [5.74, 6) is -0.0809. The van der Waals surface area contributed by atoms with E-state index in [1.807, 2.05) is 13.0 Å². The highest BCUT2D eigenvalue weighted by Crippen LogP contribution is 2.15. The molecule has 0 aliphatic heterocycles. The quantitative estimate of drug-likeness (QED) is 0.0437. The lowest BCUT2D eigenvalue weighted by atomic mass is 10.0. The zero-order valence-electron chi connectivity index (χ0n) is 34.1. The number of hydrogen-bond donors (Lipinski definition) is 3. The molecule has 3 N–H and O–H groups in total. The van der Waals surface area contributed by atoms with Crippen LogP contribution < -0.4 is 5.32 Å². The first-order chi connectivity index (χ1) is 25.2. The Hall–Kier alpha value is -1.65. The number of aliphatic hydroxyl groups excluding tert-OH is 2. The molecule has 0 aromatic heterocycles. The zero-order chi connectivity index (χ0) is 37.1. The summed E-state index contributed by atoms with van der Waals surface area (Å²) < 4.78 is 0. The third-order valence-electron chi connectivity index (χ3n) is 10.1. The fraction of sp³-hybridized carbons (Fsp3) is 0.809. The Bertz CT molecular complexity index is 816. The normalized spacial score (nSPS) is 13.4. The molecule has 0 aliphatic rings. The summed E-state index contributed by atoms with van der Waals surface area (Å²) in [6.45, 7) is 4.07. The van der Waals surface area contributed by atoms with Gasteiger partial charge in [-0.05, 0) is 64.7 Å². The molecule has 298 valence electrons. The van der Waals surface area contributed by atoms with E-state index >= 15 is 0 Å². The maximum Gasteiger partial charge on any atom is 0.220 e. The van der Waals surface area contributed by atoms with Crippen molar-refractivity contribution in [2.24, 2.45) is 0 Å². The maximum absolute atomic E-state index is 12.3. The Labute approximate surface area is 318 Å². The summed E-state index contributed by atoms with van der Waals surface area (Å²) in [6.07, 6.45) is 58.4. The number of aliphatic hydroxyl groups is 2.